The number of rotatable bonds is 2. The van der Waals surface area contributed by atoms with Crippen LogP contribution in [0.15, 0.2) is 54.1 Å². The van der Waals surface area contributed by atoms with Gasteiger partial charge in [0, 0.05) is 5.57 Å². The van der Waals surface area contributed by atoms with E-state index in [0.29, 0.717) is 5.57 Å². The zero-order valence-electron chi connectivity index (χ0n) is 9.01. The molecule has 0 amide bonds. The number of benzene rings is 1. The Bertz CT molecular complexity index is 476. The van der Waals surface area contributed by atoms with E-state index in [0.717, 1.165) is 11.3 Å². The van der Waals surface area contributed by atoms with Crippen LogP contribution in [0.5, 0.6) is 5.75 Å². The summed E-state index contributed by atoms with van der Waals surface area (Å²) >= 11 is 0. The lowest BCUT2D eigenvalue weighted by Gasteiger charge is -2.02. The minimum atomic E-state index is 0.0401. The molecule has 0 unspecified atom stereocenters. The number of hydrogen-bond donors (Lipinski definition) is 0. The number of ketones is 1. The molecule has 0 heterocycles. The second-order valence-electron chi connectivity index (χ2n) is 3.46. The van der Waals surface area contributed by atoms with Gasteiger partial charge in [-0.2, -0.15) is 0 Å². The van der Waals surface area contributed by atoms with Crippen molar-refractivity contribution in [1.29, 1.82) is 0 Å². The van der Waals surface area contributed by atoms with Crippen LogP contribution in [0.25, 0.3) is 6.08 Å². The number of carbonyl (C=O) groups is 1. The fourth-order valence-corrected chi connectivity index (χ4v) is 1.48. The van der Waals surface area contributed by atoms with Gasteiger partial charge in [-0.25, -0.2) is 0 Å². The summed E-state index contributed by atoms with van der Waals surface area (Å²) in [5.74, 6) is 0.853. The van der Waals surface area contributed by atoms with Crippen LogP contribution in [-0.2, 0) is 4.79 Å². The predicted octanol–water partition coefficient (Wildman–Crippen LogP) is 2.77. The van der Waals surface area contributed by atoms with Crippen molar-refractivity contribution < 1.29 is 9.53 Å². The Hall–Kier alpha value is -2.09. The molecule has 2 rings (SSSR count). The van der Waals surface area contributed by atoms with Gasteiger partial charge in [-0.3, -0.25) is 4.79 Å². The minimum absolute atomic E-state index is 0.0401. The van der Waals surface area contributed by atoms with Crippen molar-refractivity contribution in [2.24, 2.45) is 0 Å². The molecule has 2 heteroatoms. The summed E-state index contributed by atoms with van der Waals surface area (Å²) in [4.78, 5) is 11.5. The maximum atomic E-state index is 11.5. The van der Waals surface area contributed by atoms with Crippen LogP contribution < -0.4 is 4.74 Å². The Morgan fingerprint density at radius 3 is 2.38 bits per heavy atom. The van der Waals surface area contributed by atoms with E-state index in [2.05, 4.69) is 0 Å². The Balaban J connectivity index is 2.25. The van der Waals surface area contributed by atoms with Gasteiger partial charge in [-0.15, -0.1) is 0 Å². The molecule has 1 aromatic carbocycles. The zero-order chi connectivity index (χ0) is 11.4. The lowest BCUT2D eigenvalue weighted by atomic mass is 10.0. The monoisotopic (exact) mass is 212 g/mol. The summed E-state index contributed by atoms with van der Waals surface area (Å²) < 4.78 is 5.07. The summed E-state index contributed by atoms with van der Waals surface area (Å²) in [7, 11) is 1.63. The van der Waals surface area contributed by atoms with Gasteiger partial charge < -0.3 is 4.74 Å². The molecule has 0 radical (unpaired) electrons. The van der Waals surface area contributed by atoms with Crippen molar-refractivity contribution in [3.05, 3.63) is 59.7 Å². The van der Waals surface area contributed by atoms with Crippen molar-refractivity contribution in [3.8, 4) is 5.75 Å². The van der Waals surface area contributed by atoms with Crippen LogP contribution in [0.2, 0.25) is 0 Å². The van der Waals surface area contributed by atoms with E-state index in [-0.39, 0.29) is 5.78 Å². The van der Waals surface area contributed by atoms with Crippen LogP contribution in [0.3, 0.4) is 0 Å². The fraction of sp³-hybridized carbons (Fsp3) is 0.0714. The van der Waals surface area contributed by atoms with Crippen LogP contribution in [0, 0.1) is 0 Å². The number of allylic oxidation sites excluding steroid dienone is 5. The molecule has 0 aromatic heterocycles. The zero-order valence-corrected chi connectivity index (χ0v) is 9.01. The van der Waals surface area contributed by atoms with Gasteiger partial charge in [-0.05, 0) is 29.8 Å². The molecular weight excluding hydrogens is 200 g/mol. The summed E-state index contributed by atoms with van der Waals surface area (Å²) in [5.41, 5.74) is 1.69. The first-order valence-corrected chi connectivity index (χ1v) is 5.04. The molecule has 1 aliphatic carbocycles. The first kappa shape index (κ1) is 10.4. The Morgan fingerprint density at radius 1 is 1.06 bits per heavy atom. The number of carbonyl (C=O) groups excluding carboxylic acids is 1. The normalized spacial score (nSPS) is 16.8. The third kappa shape index (κ3) is 2.28. The third-order valence-electron chi connectivity index (χ3n) is 2.36. The standard InChI is InChI=1S/C14H12O2/c1-16-13-8-6-11(7-9-13)10-12-4-2-3-5-14(12)15/h2-10H,1H3/b12-10-. The second-order valence-corrected chi connectivity index (χ2v) is 3.46. The lowest BCUT2D eigenvalue weighted by Crippen LogP contribution is -1.98. The molecule has 0 atom stereocenters. The highest BCUT2D eigenvalue weighted by molar-refractivity contribution is 6.10. The number of ether oxygens (including phenoxy) is 1. The highest BCUT2D eigenvalue weighted by Crippen LogP contribution is 2.16. The molecule has 0 saturated carbocycles. The lowest BCUT2D eigenvalue weighted by molar-refractivity contribution is -0.111. The Kier molecular flexibility index (Phi) is 3.01. The highest BCUT2D eigenvalue weighted by atomic mass is 16.5. The van der Waals surface area contributed by atoms with E-state index in [9.17, 15) is 4.79 Å². The molecule has 0 saturated heterocycles. The van der Waals surface area contributed by atoms with Gasteiger partial charge >= 0.3 is 0 Å². The second kappa shape index (κ2) is 4.62. The van der Waals surface area contributed by atoms with Gasteiger partial charge in [0.05, 0.1) is 7.11 Å². The van der Waals surface area contributed by atoms with Crippen LogP contribution in [-0.4, -0.2) is 12.9 Å². The predicted molar refractivity (Wildman–Crippen MR) is 64.3 cm³/mol. The fourth-order valence-electron chi connectivity index (χ4n) is 1.48. The molecule has 0 fully saturated rings. The smallest absolute Gasteiger partial charge is 0.185 e. The Morgan fingerprint density at radius 2 is 1.75 bits per heavy atom. The van der Waals surface area contributed by atoms with Crippen molar-refractivity contribution in [2.75, 3.05) is 7.11 Å². The SMILES string of the molecule is COc1ccc(/C=C2/C=CC=CC2=O)cc1. The minimum Gasteiger partial charge on any atom is -0.497 e. The quantitative estimate of drug-likeness (QED) is 0.704. The molecule has 1 aromatic rings. The Labute approximate surface area is 94.6 Å². The third-order valence-corrected chi connectivity index (χ3v) is 2.36. The van der Waals surface area contributed by atoms with Gasteiger partial charge in [0.1, 0.15) is 5.75 Å². The topological polar surface area (TPSA) is 26.3 Å². The number of hydrogen-bond acceptors (Lipinski definition) is 2. The molecule has 2 nitrogen and oxygen atoms in total. The van der Waals surface area contributed by atoms with E-state index in [4.69, 9.17) is 4.74 Å². The summed E-state index contributed by atoms with van der Waals surface area (Å²) in [5, 5.41) is 0. The van der Waals surface area contributed by atoms with Gasteiger partial charge in [0.25, 0.3) is 0 Å². The van der Waals surface area contributed by atoms with Crippen molar-refractivity contribution in [2.45, 2.75) is 0 Å². The average molecular weight is 212 g/mol. The maximum absolute atomic E-state index is 11.5. The van der Waals surface area contributed by atoms with Crippen LogP contribution in [0.4, 0.5) is 0 Å². The molecule has 0 bridgehead atoms. The van der Waals surface area contributed by atoms with E-state index in [1.165, 1.54) is 0 Å². The molecule has 0 spiro atoms. The van der Waals surface area contributed by atoms with Gasteiger partial charge in [0.15, 0.2) is 5.78 Å². The molecule has 0 aliphatic heterocycles. The first-order chi connectivity index (χ1) is 7.79. The maximum Gasteiger partial charge on any atom is 0.185 e. The summed E-state index contributed by atoms with van der Waals surface area (Å²) in [6.07, 6.45) is 8.84. The van der Waals surface area contributed by atoms with E-state index in [1.807, 2.05) is 42.5 Å². The summed E-state index contributed by atoms with van der Waals surface area (Å²) in [6.45, 7) is 0. The van der Waals surface area contributed by atoms with Gasteiger partial charge in [0.2, 0.25) is 0 Å². The van der Waals surface area contributed by atoms with E-state index in [1.54, 1.807) is 19.3 Å². The van der Waals surface area contributed by atoms with Gasteiger partial charge in [-0.1, -0.05) is 30.4 Å². The highest BCUT2D eigenvalue weighted by Gasteiger charge is 2.04. The molecule has 0 N–H and O–H groups in total. The van der Waals surface area contributed by atoms with Crippen molar-refractivity contribution in [3.63, 3.8) is 0 Å². The molecule has 80 valence electrons. The first-order valence-electron chi connectivity index (χ1n) is 5.04. The summed E-state index contributed by atoms with van der Waals surface area (Å²) in [6, 6.07) is 7.59. The molecule has 1 aliphatic rings. The van der Waals surface area contributed by atoms with Crippen molar-refractivity contribution >= 4 is 11.9 Å². The van der Waals surface area contributed by atoms with Crippen LogP contribution in [0.1, 0.15) is 5.56 Å². The van der Waals surface area contributed by atoms with Crippen LogP contribution >= 0.6 is 0 Å². The van der Waals surface area contributed by atoms with Crippen molar-refractivity contribution in [1.82, 2.24) is 0 Å². The van der Waals surface area contributed by atoms with E-state index < -0.39 is 0 Å². The van der Waals surface area contributed by atoms with E-state index >= 15 is 0 Å². The number of methoxy groups -OCH3 is 1. The average Bonchev–Trinajstić information content (AvgIpc) is 2.33. The largest absolute Gasteiger partial charge is 0.497 e. The molecule has 16 heavy (non-hydrogen) atoms. The molecular formula is C14H12O2.